The van der Waals surface area contributed by atoms with Crippen LogP contribution in [0.2, 0.25) is 0 Å². The summed E-state index contributed by atoms with van der Waals surface area (Å²) in [5.74, 6) is 2.50. The van der Waals surface area contributed by atoms with Gasteiger partial charge in [0.1, 0.15) is 0 Å². The summed E-state index contributed by atoms with van der Waals surface area (Å²) in [7, 11) is 0. The van der Waals surface area contributed by atoms with Gasteiger partial charge < -0.3 is 14.2 Å². The zero-order chi connectivity index (χ0) is 21.0. The minimum Gasteiger partial charge on any atom is -0.378 e. The maximum atomic E-state index is 5.49. The van der Waals surface area contributed by atoms with Crippen LogP contribution in [0.5, 0.6) is 0 Å². The van der Waals surface area contributed by atoms with E-state index in [-0.39, 0.29) is 0 Å². The topological polar surface area (TPSA) is 82.1 Å². The van der Waals surface area contributed by atoms with Gasteiger partial charge in [-0.15, -0.1) is 10.2 Å². The number of rotatable bonds is 6. The Morgan fingerprint density at radius 1 is 1.00 bits per heavy atom. The molecular formula is C22H22N6O2S. The van der Waals surface area contributed by atoms with Crippen LogP contribution in [0.25, 0.3) is 17.1 Å². The van der Waals surface area contributed by atoms with Crippen LogP contribution >= 0.6 is 11.8 Å². The summed E-state index contributed by atoms with van der Waals surface area (Å²) in [6.45, 7) is 5.00. The van der Waals surface area contributed by atoms with Crippen LogP contribution in [0.15, 0.2) is 64.3 Å². The number of hydrogen-bond donors (Lipinski definition) is 0. The fraction of sp³-hybridized carbons (Fsp3) is 0.273. The molecule has 0 spiro atoms. The Morgan fingerprint density at radius 3 is 2.65 bits per heavy atom. The van der Waals surface area contributed by atoms with E-state index in [1.54, 1.807) is 0 Å². The molecule has 1 aliphatic heterocycles. The second-order valence-electron chi connectivity index (χ2n) is 7.23. The second-order valence-corrected chi connectivity index (χ2v) is 8.17. The number of nitrogens with zero attached hydrogens (tertiary/aromatic N) is 6. The molecule has 0 amide bonds. The van der Waals surface area contributed by atoms with E-state index in [1.165, 1.54) is 11.8 Å². The van der Waals surface area contributed by atoms with Crippen LogP contribution < -0.4 is 4.90 Å². The van der Waals surface area contributed by atoms with Crippen LogP contribution in [0.1, 0.15) is 11.4 Å². The minimum absolute atomic E-state index is 0.526. The molecule has 1 aliphatic rings. The molecule has 4 aromatic rings. The summed E-state index contributed by atoms with van der Waals surface area (Å²) in [5, 5.41) is 13.9. The zero-order valence-corrected chi connectivity index (χ0v) is 18.0. The lowest BCUT2D eigenvalue weighted by Crippen LogP contribution is -2.37. The maximum absolute atomic E-state index is 5.49. The van der Waals surface area contributed by atoms with Gasteiger partial charge in [0.05, 0.1) is 24.7 Å². The van der Waals surface area contributed by atoms with E-state index in [0.717, 1.165) is 41.0 Å². The molecule has 0 radical (unpaired) electrons. The summed E-state index contributed by atoms with van der Waals surface area (Å²) >= 11 is 1.54. The smallest absolute Gasteiger partial charge is 0.257 e. The van der Waals surface area contributed by atoms with Crippen LogP contribution in [-0.4, -0.2) is 51.2 Å². The number of benzene rings is 2. The highest BCUT2D eigenvalue weighted by atomic mass is 32.2. The van der Waals surface area contributed by atoms with Crippen molar-refractivity contribution in [3.63, 3.8) is 0 Å². The molecule has 3 heterocycles. The lowest BCUT2D eigenvalue weighted by atomic mass is 10.1. The molecule has 1 fully saturated rings. The van der Waals surface area contributed by atoms with E-state index < -0.39 is 0 Å². The highest BCUT2D eigenvalue weighted by molar-refractivity contribution is 7.98. The Hall–Kier alpha value is -3.17. The summed E-state index contributed by atoms with van der Waals surface area (Å²) in [6, 6.07) is 18.2. The average Bonchev–Trinajstić information content (AvgIpc) is 3.46. The van der Waals surface area contributed by atoms with Crippen molar-refractivity contribution in [2.24, 2.45) is 0 Å². The second kappa shape index (κ2) is 8.91. The largest absolute Gasteiger partial charge is 0.378 e. The predicted octanol–water partition coefficient (Wildman–Crippen LogP) is 3.75. The van der Waals surface area contributed by atoms with Crippen molar-refractivity contribution in [3.8, 4) is 17.1 Å². The van der Waals surface area contributed by atoms with Gasteiger partial charge in [0, 0.05) is 18.7 Å². The highest BCUT2D eigenvalue weighted by Gasteiger charge is 2.22. The van der Waals surface area contributed by atoms with E-state index in [2.05, 4.69) is 41.9 Å². The van der Waals surface area contributed by atoms with Crippen molar-refractivity contribution in [2.75, 3.05) is 31.2 Å². The number of aromatic nitrogens is 5. The number of ether oxygens (including phenoxy) is 1. The molecule has 158 valence electrons. The van der Waals surface area contributed by atoms with Crippen molar-refractivity contribution in [2.45, 2.75) is 17.8 Å². The van der Waals surface area contributed by atoms with E-state index in [0.29, 0.717) is 30.7 Å². The molecular weight excluding hydrogens is 412 g/mol. The summed E-state index contributed by atoms with van der Waals surface area (Å²) in [6.07, 6.45) is 0. The van der Waals surface area contributed by atoms with E-state index in [1.807, 2.05) is 49.4 Å². The molecule has 0 aliphatic carbocycles. The number of aryl methyl sites for hydroxylation is 1. The van der Waals surface area contributed by atoms with Gasteiger partial charge in [0.2, 0.25) is 5.95 Å². The standard InChI is InChI=1S/C22H22N6O2S/c1-16-6-5-7-17(14-16)20-23-19(26-30-20)15-31-22-25-24-21(27-10-12-29-13-11-27)28(22)18-8-3-2-4-9-18/h2-9,14H,10-13,15H2,1H3. The normalized spacial score (nSPS) is 14.2. The molecule has 8 nitrogen and oxygen atoms in total. The third-order valence-electron chi connectivity index (χ3n) is 4.99. The van der Waals surface area contributed by atoms with Crippen molar-refractivity contribution < 1.29 is 9.26 Å². The summed E-state index contributed by atoms with van der Waals surface area (Å²) in [5.41, 5.74) is 3.09. The zero-order valence-electron chi connectivity index (χ0n) is 17.1. The molecule has 9 heteroatoms. The lowest BCUT2D eigenvalue weighted by Gasteiger charge is -2.27. The Morgan fingerprint density at radius 2 is 1.84 bits per heavy atom. The number of hydrogen-bond acceptors (Lipinski definition) is 8. The van der Waals surface area contributed by atoms with Crippen LogP contribution in [0.4, 0.5) is 5.95 Å². The lowest BCUT2D eigenvalue weighted by molar-refractivity contribution is 0.122. The Labute approximate surface area is 184 Å². The van der Waals surface area contributed by atoms with Gasteiger partial charge in [-0.1, -0.05) is 52.8 Å². The Kier molecular flexibility index (Phi) is 5.68. The van der Waals surface area contributed by atoms with E-state index in [4.69, 9.17) is 9.26 Å². The molecule has 2 aromatic heterocycles. The first-order valence-electron chi connectivity index (χ1n) is 10.1. The van der Waals surface area contributed by atoms with Crippen molar-refractivity contribution in [1.29, 1.82) is 0 Å². The third kappa shape index (κ3) is 4.33. The molecule has 31 heavy (non-hydrogen) atoms. The number of thioether (sulfide) groups is 1. The number of anilines is 1. The fourth-order valence-corrected chi connectivity index (χ4v) is 4.25. The SMILES string of the molecule is Cc1cccc(-c2nc(CSc3nnc(N4CCOCC4)n3-c3ccccc3)no2)c1. The van der Waals surface area contributed by atoms with Gasteiger partial charge in [0.15, 0.2) is 11.0 Å². The quantitative estimate of drug-likeness (QED) is 0.424. The third-order valence-corrected chi connectivity index (χ3v) is 5.91. The number of morpholine rings is 1. The monoisotopic (exact) mass is 434 g/mol. The molecule has 5 rings (SSSR count). The average molecular weight is 435 g/mol. The van der Waals surface area contributed by atoms with Crippen molar-refractivity contribution in [1.82, 2.24) is 24.9 Å². The Bertz CT molecular complexity index is 1150. The van der Waals surface area contributed by atoms with Gasteiger partial charge in [-0.05, 0) is 31.2 Å². The Balaban J connectivity index is 1.39. The maximum Gasteiger partial charge on any atom is 0.257 e. The van der Waals surface area contributed by atoms with Gasteiger partial charge in [-0.2, -0.15) is 4.98 Å². The van der Waals surface area contributed by atoms with Gasteiger partial charge in [-0.3, -0.25) is 4.57 Å². The van der Waals surface area contributed by atoms with Crippen LogP contribution in [-0.2, 0) is 10.5 Å². The van der Waals surface area contributed by atoms with E-state index >= 15 is 0 Å². The molecule has 0 N–H and O–H groups in total. The molecule has 0 bridgehead atoms. The van der Waals surface area contributed by atoms with E-state index in [9.17, 15) is 0 Å². The van der Waals surface area contributed by atoms with Crippen LogP contribution in [0.3, 0.4) is 0 Å². The van der Waals surface area contributed by atoms with Crippen LogP contribution in [0, 0.1) is 6.92 Å². The molecule has 0 unspecified atom stereocenters. The first-order valence-corrected chi connectivity index (χ1v) is 11.1. The fourth-order valence-electron chi connectivity index (χ4n) is 3.46. The summed E-state index contributed by atoms with van der Waals surface area (Å²) < 4.78 is 13.0. The molecule has 0 saturated carbocycles. The highest BCUT2D eigenvalue weighted by Crippen LogP contribution is 2.29. The minimum atomic E-state index is 0.526. The van der Waals surface area contributed by atoms with Gasteiger partial charge in [0.25, 0.3) is 5.89 Å². The predicted molar refractivity (Wildman–Crippen MR) is 118 cm³/mol. The first kappa shape index (κ1) is 19.8. The first-order chi connectivity index (χ1) is 15.3. The molecule has 2 aromatic carbocycles. The molecule has 1 saturated heterocycles. The summed E-state index contributed by atoms with van der Waals surface area (Å²) in [4.78, 5) is 6.76. The van der Waals surface area contributed by atoms with Crippen molar-refractivity contribution >= 4 is 17.7 Å². The van der Waals surface area contributed by atoms with Gasteiger partial charge in [-0.25, -0.2) is 0 Å². The van der Waals surface area contributed by atoms with Gasteiger partial charge >= 0.3 is 0 Å². The van der Waals surface area contributed by atoms with Crippen molar-refractivity contribution in [3.05, 3.63) is 66.0 Å². The molecule has 0 atom stereocenters. The number of para-hydroxylation sites is 1.